The minimum absolute atomic E-state index is 0. The number of ether oxygens (including phenoxy) is 2. The lowest BCUT2D eigenvalue weighted by molar-refractivity contribution is 0.222. The molecule has 4 heteroatoms. The molecule has 0 spiro atoms. The van der Waals surface area contributed by atoms with Crippen LogP contribution >= 0.6 is 12.4 Å². The third-order valence-electron chi connectivity index (χ3n) is 3.39. The van der Waals surface area contributed by atoms with Crippen LogP contribution in [0.25, 0.3) is 0 Å². The molecule has 1 fully saturated rings. The fourth-order valence-electron chi connectivity index (χ4n) is 2.28. The van der Waals surface area contributed by atoms with Gasteiger partial charge in [0, 0.05) is 6.54 Å². The van der Waals surface area contributed by atoms with E-state index in [-0.39, 0.29) is 12.4 Å². The maximum atomic E-state index is 5.88. The quantitative estimate of drug-likeness (QED) is 0.918. The maximum Gasteiger partial charge on any atom is 0.120 e. The summed E-state index contributed by atoms with van der Waals surface area (Å²) in [7, 11) is 0. The molecule has 1 aliphatic heterocycles. The van der Waals surface area contributed by atoms with Gasteiger partial charge in [0.1, 0.15) is 24.2 Å². The molecule has 0 aromatic heterocycles. The van der Waals surface area contributed by atoms with Gasteiger partial charge in [0.2, 0.25) is 0 Å². The number of rotatable bonds is 5. The van der Waals surface area contributed by atoms with Gasteiger partial charge < -0.3 is 14.8 Å². The summed E-state index contributed by atoms with van der Waals surface area (Å²) in [5.41, 5.74) is 1.17. The van der Waals surface area contributed by atoms with Crippen LogP contribution in [-0.2, 0) is 6.61 Å². The van der Waals surface area contributed by atoms with E-state index in [1.165, 1.54) is 5.56 Å². The molecule has 21 heavy (non-hydrogen) atoms. The van der Waals surface area contributed by atoms with Gasteiger partial charge in [0.25, 0.3) is 0 Å². The number of hydrogen-bond acceptors (Lipinski definition) is 3. The third kappa shape index (κ3) is 4.66. The Morgan fingerprint density at radius 3 is 2.33 bits per heavy atom. The zero-order chi connectivity index (χ0) is 13.6. The number of nitrogens with one attached hydrogen (secondary N) is 1. The van der Waals surface area contributed by atoms with Crippen molar-refractivity contribution < 1.29 is 9.47 Å². The summed E-state index contributed by atoms with van der Waals surface area (Å²) in [5.74, 6) is 1.77. The van der Waals surface area contributed by atoms with Crippen LogP contribution in [0.1, 0.15) is 12.0 Å². The first-order valence-electron chi connectivity index (χ1n) is 7.04. The van der Waals surface area contributed by atoms with E-state index in [1.54, 1.807) is 0 Å². The van der Waals surface area contributed by atoms with Crippen LogP contribution in [-0.4, -0.2) is 19.2 Å². The van der Waals surface area contributed by atoms with E-state index in [0.717, 1.165) is 31.0 Å². The molecule has 0 radical (unpaired) electrons. The van der Waals surface area contributed by atoms with E-state index >= 15 is 0 Å². The van der Waals surface area contributed by atoms with Gasteiger partial charge in [-0.05, 0) is 42.8 Å². The van der Waals surface area contributed by atoms with Crippen molar-refractivity contribution in [3.63, 3.8) is 0 Å². The van der Waals surface area contributed by atoms with Crippen molar-refractivity contribution in [1.29, 1.82) is 0 Å². The molecule has 2 aromatic carbocycles. The SMILES string of the molecule is Cl.c1ccc(COc2ccc(OC3CCNC3)cc2)cc1. The monoisotopic (exact) mass is 305 g/mol. The second kappa shape index (κ2) is 7.91. The van der Waals surface area contributed by atoms with Crippen LogP contribution < -0.4 is 14.8 Å². The summed E-state index contributed by atoms with van der Waals surface area (Å²) in [4.78, 5) is 0. The fraction of sp³-hybridized carbons (Fsp3) is 0.294. The normalized spacial score (nSPS) is 17.0. The second-order valence-electron chi connectivity index (χ2n) is 4.98. The van der Waals surface area contributed by atoms with Gasteiger partial charge in [-0.25, -0.2) is 0 Å². The second-order valence-corrected chi connectivity index (χ2v) is 4.98. The lowest BCUT2D eigenvalue weighted by Crippen LogP contribution is -2.19. The minimum Gasteiger partial charge on any atom is -0.489 e. The number of hydrogen-bond donors (Lipinski definition) is 1. The predicted molar refractivity (Wildman–Crippen MR) is 86.4 cm³/mol. The van der Waals surface area contributed by atoms with Crippen LogP contribution in [0, 0.1) is 0 Å². The van der Waals surface area contributed by atoms with Crippen molar-refractivity contribution in [1.82, 2.24) is 5.32 Å². The molecule has 3 nitrogen and oxygen atoms in total. The first-order valence-corrected chi connectivity index (χ1v) is 7.04. The molecule has 1 heterocycles. The third-order valence-corrected chi connectivity index (χ3v) is 3.39. The van der Waals surface area contributed by atoms with Gasteiger partial charge in [-0.3, -0.25) is 0 Å². The molecule has 0 bridgehead atoms. The Balaban J connectivity index is 0.00000161. The molecule has 112 valence electrons. The highest BCUT2D eigenvalue weighted by Gasteiger charge is 2.15. The molecule has 0 amide bonds. The molecule has 0 aliphatic carbocycles. The average Bonchev–Trinajstić information content (AvgIpc) is 3.01. The highest BCUT2D eigenvalue weighted by molar-refractivity contribution is 5.85. The summed E-state index contributed by atoms with van der Waals surface area (Å²) in [6.45, 7) is 2.57. The molecule has 1 unspecified atom stereocenters. The van der Waals surface area contributed by atoms with Crippen LogP contribution in [0.15, 0.2) is 54.6 Å². The van der Waals surface area contributed by atoms with E-state index in [2.05, 4.69) is 17.4 Å². The molecule has 2 aromatic rings. The van der Waals surface area contributed by atoms with Gasteiger partial charge in [-0.1, -0.05) is 30.3 Å². The molecule has 1 N–H and O–H groups in total. The van der Waals surface area contributed by atoms with Gasteiger partial charge in [0.05, 0.1) is 0 Å². The number of halogens is 1. The lowest BCUT2D eigenvalue weighted by atomic mass is 10.2. The molecule has 0 saturated carbocycles. The van der Waals surface area contributed by atoms with Crippen molar-refractivity contribution in [3.8, 4) is 11.5 Å². The Hall–Kier alpha value is -1.71. The predicted octanol–water partition coefficient (Wildman–Crippen LogP) is 3.43. The van der Waals surface area contributed by atoms with E-state index in [1.807, 2.05) is 42.5 Å². The summed E-state index contributed by atoms with van der Waals surface area (Å²) >= 11 is 0. The molecular formula is C17H20ClNO2. The van der Waals surface area contributed by atoms with Crippen LogP contribution in [0.3, 0.4) is 0 Å². The summed E-state index contributed by atoms with van der Waals surface area (Å²) < 4.78 is 11.6. The topological polar surface area (TPSA) is 30.5 Å². The Morgan fingerprint density at radius 1 is 0.952 bits per heavy atom. The largest absolute Gasteiger partial charge is 0.489 e. The average molecular weight is 306 g/mol. The first-order chi connectivity index (χ1) is 9.90. The first kappa shape index (κ1) is 15.7. The molecule has 3 rings (SSSR count). The Morgan fingerprint density at radius 2 is 1.67 bits per heavy atom. The van der Waals surface area contributed by atoms with Crippen LogP contribution in [0.5, 0.6) is 11.5 Å². The van der Waals surface area contributed by atoms with E-state index in [0.29, 0.717) is 12.7 Å². The fourth-order valence-corrected chi connectivity index (χ4v) is 2.28. The van der Waals surface area contributed by atoms with Gasteiger partial charge >= 0.3 is 0 Å². The minimum atomic E-state index is 0. The summed E-state index contributed by atoms with van der Waals surface area (Å²) in [6.07, 6.45) is 1.37. The van der Waals surface area contributed by atoms with Crippen LogP contribution in [0.2, 0.25) is 0 Å². The Kier molecular flexibility index (Phi) is 5.90. The molecule has 1 saturated heterocycles. The maximum absolute atomic E-state index is 5.88. The van der Waals surface area contributed by atoms with Crippen molar-refractivity contribution in [2.45, 2.75) is 19.1 Å². The van der Waals surface area contributed by atoms with Crippen molar-refractivity contribution >= 4 is 12.4 Å². The summed E-state index contributed by atoms with van der Waals surface area (Å²) in [6, 6.07) is 18.0. The summed E-state index contributed by atoms with van der Waals surface area (Å²) in [5, 5.41) is 3.29. The van der Waals surface area contributed by atoms with Crippen molar-refractivity contribution in [2.75, 3.05) is 13.1 Å². The highest BCUT2D eigenvalue weighted by Crippen LogP contribution is 2.20. The molecule has 1 aliphatic rings. The van der Waals surface area contributed by atoms with Gasteiger partial charge in [0.15, 0.2) is 0 Å². The Labute approximate surface area is 131 Å². The zero-order valence-electron chi connectivity index (χ0n) is 11.8. The van der Waals surface area contributed by atoms with Crippen LogP contribution in [0.4, 0.5) is 0 Å². The highest BCUT2D eigenvalue weighted by atomic mass is 35.5. The van der Waals surface area contributed by atoms with E-state index in [4.69, 9.17) is 9.47 Å². The lowest BCUT2D eigenvalue weighted by Gasteiger charge is -2.13. The zero-order valence-corrected chi connectivity index (χ0v) is 12.6. The van der Waals surface area contributed by atoms with E-state index in [9.17, 15) is 0 Å². The Bertz CT molecular complexity index is 524. The van der Waals surface area contributed by atoms with Crippen molar-refractivity contribution in [2.24, 2.45) is 0 Å². The van der Waals surface area contributed by atoms with Gasteiger partial charge in [-0.15, -0.1) is 12.4 Å². The molecular weight excluding hydrogens is 286 g/mol. The van der Waals surface area contributed by atoms with Crippen molar-refractivity contribution in [3.05, 3.63) is 60.2 Å². The van der Waals surface area contributed by atoms with Gasteiger partial charge in [-0.2, -0.15) is 0 Å². The number of benzene rings is 2. The smallest absolute Gasteiger partial charge is 0.120 e. The van der Waals surface area contributed by atoms with E-state index < -0.39 is 0 Å². The standard InChI is InChI=1S/C17H19NO2.ClH/c1-2-4-14(5-3-1)13-19-15-6-8-16(9-7-15)20-17-10-11-18-12-17;/h1-9,17-18H,10-13H2;1H. The molecule has 1 atom stereocenters.